The summed E-state index contributed by atoms with van der Waals surface area (Å²) in [5.74, 6) is -1.35. The summed E-state index contributed by atoms with van der Waals surface area (Å²) in [6.07, 6.45) is 0. The van der Waals surface area contributed by atoms with Crippen LogP contribution in [0.25, 0.3) is 22.2 Å². The third-order valence-electron chi connectivity index (χ3n) is 4.16. The van der Waals surface area contributed by atoms with Gasteiger partial charge >= 0.3 is 0 Å². The van der Waals surface area contributed by atoms with Gasteiger partial charge < -0.3 is 10.3 Å². The lowest BCUT2D eigenvalue weighted by Crippen LogP contribution is -2.13. The van der Waals surface area contributed by atoms with E-state index in [2.05, 4.69) is 10.3 Å². The number of anilines is 1. The number of carbonyl (C=O) groups excluding carboxylic acids is 1. The molecule has 26 heavy (non-hydrogen) atoms. The van der Waals surface area contributed by atoms with E-state index in [0.717, 1.165) is 22.2 Å². The molecule has 5 heteroatoms. The zero-order chi connectivity index (χ0) is 18.1. The number of rotatable bonds is 3. The molecule has 0 saturated carbocycles. The molecule has 4 aromatic rings. The van der Waals surface area contributed by atoms with E-state index in [-0.39, 0.29) is 11.4 Å². The molecule has 0 spiro atoms. The number of H-pyrrole nitrogens is 1. The van der Waals surface area contributed by atoms with E-state index in [0.29, 0.717) is 5.69 Å². The molecule has 4 rings (SSSR count). The predicted molar refractivity (Wildman–Crippen MR) is 98.0 cm³/mol. The van der Waals surface area contributed by atoms with Gasteiger partial charge in [-0.3, -0.25) is 4.79 Å². The Morgan fingerprint density at radius 3 is 2.42 bits per heavy atom. The van der Waals surface area contributed by atoms with Gasteiger partial charge in [-0.25, -0.2) is 8.78 Å². The van der Waals surface area contributed by atoms with Crippen molar-refractivity contribution in [3.05, 3.63) is 90.0 Å². The highest BCUT2D eigenvalue weighted by atomic mass is 19.1. The minimum absolute atomic E-state index is 0.00535. The monoisotopic (exact) mass is 348 g/mol. The number of aromatic nitrogens is 1. The van der Waals surface area contributed by atoms with Crippen LogP contribution in [0, 0.1) is 11.6 Å². The van der Waals surface area contributed by atoms with E-state index in [4.69, 9.17) is 0 Å². The van der Waals surface area contributed by atoms with Crippen LogP contribution in [-0.4, -0.2) is 10.9 Å². The Hall–Kier alpha value is -3.47. The number of benzene rings is 3. The number of nitrogens with one attached hydrogen (secondary N) is 2. The minimum Gasteiger partial charge on any atom is -0.355 e. The number of amides is 1. The second kappa shape index (κ2) is 6.44. The van der Waals surface area contributed by atoms with Crippen LogP contribution < -0.4 is 5.32 Å². The zero-order valence-corrected chi connectivity index (χ0v) is 13.6. The standard InChI is InChI=1S/C21H14F2N2O/c22-15-7-10-19-14(11-15)12-20(25-19)13-5-8-16(9-6-13)24-21(26)17-3-1-2-4-18(17)23/h1-12,25H,(H,24,26). The van der Waals surface area contributed by atoms with Crippen LogP contribution in [0.5, 0.6) is 0 Å². The zero-order valence-electron chi connectivity index (χ0n) is 13.6. The van der Waals surface area contributed by atoms with Gasteiger partial charge in [0.25, 0.3) is 5.91 Å². The molecule has 1 heterocycles. The van der Waals surface area contributed by atoms with Crippen LogP contribution in [0.1, 0.15) is 10.4 Å². The summed E-state index contributed by atoms with van der Waals surface area (Å²) < 4.78 is 27.0. The fourth-order valence-corrected chi connectivity index (χ4v) is 2.84. The number of halogens is 2. The Labute approximate surface area is 148 Å². The third kappa shape index (κ3) is 3.07. The normalized spacial score (nSPS) is 10.8. The first kappa shape index (κ1) is 16.0. The van der Waals surface area contributed by atoms with Gasteiger partial charge in [0.15, 0.2) is 0 Å². The average Bonchev–Trinajstić information content (AvgIpc) is 3.05. The van der Waals surface area contributed by atoms with E-state index in [1.807, 2.05) is 18.2 Å². The maximum absolute atomic E-state index is 13.7. The number of fused-ring (bicyclic) bond motifs is 1. The van der Waals surface area contributed by atoms with Crippen molar-refractivity contribution in [3.63, 3.8) is 0 Å². The Balaban J connectivity index is 1.56. The maximum atomic E-state index is 13.7. The summed E-state index contributed by atoms with van der Waals surface area (Å²) in [7, 11) is 0. The van der Waals surface area contributed by atoms with E-state index in [1.165, 1.54) is 30.3 Å². The van der Waals surface area contributed by atoms with E-state index in [9.17, 15) is 13.6 Å². The summed E-state index contributed by atoms with van der Waals surface area (Å²) in [5, 5.41) is 3.46. The largest absolute Gasteiger partial charge is 0.355 e. The first-order chi connectivity index (χ1) is 12.6. The van der Waals surface area contributed by atoms with Crippen molar-refractivity contribution < 1.29 is 13.6 Å². The molecule has 0 aliphatic heterocycles. The number of hydrogen-bond acceptors (Lipinski definition) is 1. The fraction of sp³-hybridized carbons (Fsp3) is 0. The van der Waals surface area contributed by atoms with Crippen molar-refractivity contribution in [2.45, 2.75) is 0 Å². The second-order valence-corrected chi connectivity index (χ2v) is 5.93. The van der Waals surface area contributed by atoms with Crippen molar-refractivity contribution in [3.8, 4) is 11.3 Å². The number of carbonyl (C=O) groups is 1. The average molecular weight is 348 g/mol. The van der Waals surface area contributed by atoms with Gasteiger partial charge in [0, 0.05) is 22.3 Å². The van der Waals surface area contributed by atoms with E-state index >= 15 is 0 Å². The van der Waals surface area contributed by atoms with Crippen molar-refractivity contribution in [2.75, 3.05) is 5.32 Å². The highest BCUT2D eigenvalue weighted by Gasteiger charge is 2.11. The van der Waals surface area contributed by atoms with Crippen LogP contribution in [-0.2, 0) is 0 Å². The molecule has 3 aromatic carbocycles. The van der Waals surface area contributed by atoms with Crippen LogP contribution in [0.3, 0.4) is 0 Å². The number of hydrogen-bond donors (Lipinski definition) is 2. The van der Waals surface area contributed by atoms with Gasteiger partial charge in [0.05, 0.1) is 5.56 Å². The molecule has 2 N–H and O–H groups in total. The van der Waals surface area contributed by atoms with Gasteiger partial charge in [-0.15, -0.1) is 0 Å². The lowest BCUT2D eigenvalue weighted by Gasteiger charge is -2.07. The molecule has 0 unspecified atom stereocenters. The van der Waals surface area contributed by atoms with Crippen molar-refractivity contribution >= 4 is 22.5 Å². The van der Waals surface area contributed by atoms with E-state index in [1.54, 1.807) is 24.3 Å². The first-order valence-corrected chi connectivity index (χ1v) is 8.05. The van der Waals surface area contributed by atoms with Gasteiger partial charge in [-0.05, 0) is 54.1 Å². The highest BCUT2D eigenvalue weighted by Crippen LogP contribution is 2.26. The van der Waals surface area contributed by atoms with E-state index < -0.39 is 11.7 Å². The molecule has 0 bridgehead atoms. The van der Waals surface area contributed by atoms with Crippen molar-refractivity contribution in [1.29, 1.82) is 0 Å². The summed E-state index contributed by atoms with van der Waals surface area (Å²) in [5.41, 5.74) is 3.14. The molecule has 0 aliphatic carbocycles. The quantitative estimate of drug-likeness (QED) is 0.514. The van der Waals surface area contributed by atoms with Gasteiger partial charge in [-0.2, -0.15) is 0 Å². The van der Waals surface area contributed by atoms with Gasteiger partial charge in [0.1, 0.15) is 11.6 Å². The minimum atomic E-state index is -0.563. The Bertz CT molecular complexity index is 1100. The maximum Gasteiger partial charge on any atom is 0.258 e. The van der Waals surface area contributed by atoms with Crippen molar-refractivity contribution in [1.82, 2.24) is 4.98 Å². The van der Waals surface area contributed by atoms with Crippen LogP contribution >= 0.6 is 0 Å². The third-order valence-corrected chi connectivity index (χ3v) is 4.16. The summed E-state index contributed by atoms with van der Waals surface area (Å²) in [4.78, 5) is 15.4. The molecule has 3 nitrogen and oxygen atoms in total. The Morgan fingerprint density at radius 2 is 1.65 bits per heavy atom. The Kier molecular flexibility index (Phi) is 3.97. The summed E-state index contributed by atoms with van der Waals surface area (Å²) >= 11 is 0. The van der Waals surface area contributed by atoms with Gasteiger partial charge in [-0.1, -0.05) is 24.3 Å². The van der Waals surface area contributed by atoms with Crippen molar-refractivity contribution in [2.24, 2.45) is 0 Å². The molecule has 0 atom stereocenters. The van der Waals surface area contributed by atoms with Gasteiger partial charge in [0.2, 0.25) is 0 Å². The molecule has 0 radical (unpaired) electrons. The smallest absolute Gasteiger partial charge is 0.258 e. The molecule has 1 aromatic heterocycles. The van der Waals surface area contributed by atoms with Crippen LogP contribution in [0.2, 0.25) is 0 Å². The fourth-order valence-electron chi connectivity index (χ4n) is 2.84. The predicted octanol–water partition coefficient (Wildman–Crippen LogP) is 5.37. The molecule has 1 amide bonds. The van der Waals surface area contributed by atoms with Crippen LogP contribution in [0.4, 0.5) is 14.5 Å². The SMILES string of the molecule is O=C(Nc1ccc(-c2cc3cc(F)ccc3[nH]2)cc1)c1ccccc1F. The summed E-state index contributed by atoms with van der Waals surface area (Å²) in [6, 6.07) is 19.4. The highest BCUT2D eigenvalue weighted by molar-refractivity contribution is 6.04. The molecule has 0 fully saturated rings. The summed E-state index contributed by atoms with van der Waals surface area (Å²) in [6.45, 7) is 0. The molecule has 128 valence electrons. The molecule has 0 saturated heterocycles. The van der Waals surface area contributed by atoms with Crippen LogP contribution in [0.15, 0.2) is 72.8 Å². The molecular formula is C21H14F2N2O. The molecule has 0 aliphatic rings. The lowest BCUT2D eigenvalue weighted by atomic mass is 10.1. The first-order valence-electron chi connectivity index (χ1n) is 8.05. The molecular weight excluding hydrogens is 334 g/mol. The number of aromatic amines is 1. The lowest BCUT2D eigenvalue weighted by molar-refractivity contribution is 0.102. The topological polar surface area (TPSA) is 44.9 Å². The Morgan fingerprint density at radius 1 is 0.885 bits per heavy atom. The second-order valence-electron chi connectivity index (χ2n) is 5.93.